The number of carbonyl (C=O) groups is 4. The van der Waals surface area contributed by atoms with Crippen molar-refractivity contribution in [2.75, 3.05) is 44.4 Å². The fraction of sp³-hybridized carbons (Fsp3) is 0.581. The molecule has 1 saturated heterocycles. The monoisotopic (exact) mass is 812 g/mol. The van der Waals surface area contributed by atoms with Crippen LogP contribution in [0, 0.1) is 0 Å². The molecule has 0 bridgehead atoms. The lowest BCUT2D eigenvalue weighted by Crippen LogP contribution is -2.50. The van der Waals surface area contributed by atoms with Gasteiger partial charge in [0.1, 0.15) is 6.61 Å². The first kappa shape index (κ1) is 48.6. The van der Waals surface area contributed by atoms with Crippen LogP contribution in [0.5, 0.6) is 5.88 Å². The average Bonchev–Trinajstić information content (AvgIpc) is 3.65. The third-order valence-corrected chi connectivity index (χ3v) is 8.90. The van der Waals surface area contributed by atoms with Gasteiger partial charge in [0.15, 0.2) is 18.3 Å². The minimum Gasteiger partial charge on any atom is -0.470 e. The molecule has 0 saturated carbocycles. The number of nitrogens with zero attached hydrogens (tertiary/aromatic N) is 4. The predicted octanol–water partition coefficient (Wildman–Crippen LogP) is 7.65. The summed E-state index contributed by atoms with van der Waals surface area (Å²) in [6.07, 6.45) is 27.9. The maximum atomic E-state index is 13.2. The summed E-state index contributed by atoms with van der Waals surface area (Å²) in [7, 11) is 0. The molecule has 0 N–H and O–H groups in total. The van der Waals surface area contributed by atoms with Crippen molar-refractivity contribution in [1.82, 2.24) is 13.6 Å². The average molecular weight is 813 g/mol. The molecule has 1 fully saturated rings. The molecule has 3 atom stereocenters. The van der Waals surface area contributed by atoms with Crippen LogP contribution < -0.4 is 9.64 Å². The van der Waals surface area contributed by atoms with Gasteiger partial charge >= 0.3 is 17.9 Å². The summed E-state index contributed by atoms with van der Waals surface area (Å²) in [6.45, 7) is 14.1. The Kier molecular flexibility index (Phi) is 23.8. The van der Waals surface area contributed by atoms with E-state index < -0.39 is 41.8 Å². The van der Waals surface area contributed by atoms with Gasteiger partial charge in [-0.15, -0.1) is 4.37 Å². The lowest BCUT2D eigenvalue weighted by molar-refractivity contribution is -0.180. The van der Waals surface area contributed by atoms with Crippen molar-refractivity contribution in [2.24, 2.45) is 0 Å². The fourth-order valence-corrected chi connectivity index (χ4v) is 5.85. The molecule has 0 radical (unpaired) electrons. The molecule has 1 aliphatic heterocycles. The highest BCUT2D eigenvalue weighted by molar-refractivity contribution is 6.99. The molecule has 0 spiro atoms. The van der Waals surface area contributed by atoms with Gasteiger partial charge in [0.2, 0.25) is 11.7 Å². The molecular formula is C43H64N4O9S. The van der Waals surface area contributed by atoms with E-state index in [4.69, 9.17) is 23.7 Å². The van der Waals surface area contributed by atoms with Gasteiger partial charge in [0, 0.05) is 32.0 Å². The molecule has 1 amide bonds. The number of rotatable bonds is 25. The second-order valence-corrected chi connectivity index (χ2v) is 14.9. The van der Waals surface area contributed by atoms with E-state index >= 15 is 0 Å². The van der Waals surface area contributed by atoms with Gasteiger partial charge < -0.3 is 33.5 Å². The van der Waals surface area contributed by atoms with Gasteiger partial charge in [0.25, 0.3) is 5.88 Å². The zero-order valence-electron chi connectivity index (χ0n) is 34.9. The summed E-state index contributed by atoms with van der Waals surface area (Å²) in [5.74, 6) is -1.68. The Labute approximate surface area is 343 Å². The number of hydrogen-bond acceptors (Lipinski definition) is 13. The Balaban J connectivity index is 1.76. The second kappa shape index (κ2) is 27.9. The van der Waals surface area contributed by atoms with Gasteiger partial charge in [-0.2, -0.15) is 4.37 Å². The first-order valence-corrected chi connectivity index (χ1v) is 20.6. The molecule has 14 heteroatoms. The maximum Gasteiger partial charge on any atom is 0.347 e. The van der Waals surface area contributed by atoms with Crippen LogP contribution in [-0.2, 0) is 38.1 Å². The number of morpholine rings is 1. The van der Waals surface area contributed by atoms with Crippen LogP contribution in [0.4, 0.5) is 5.82 Å². The van der Waals surface area contributed by atoms with Crippen molar-refractivity contribution in [2.45, 2.75) is 124 Å². The molecule has 57 heavy (non-hydrogen) atoms. The lowest BCUT2D eigenvalue weighted by Gasteiger charge is -2.37. The van der Waals surface area contributed by atoms with Gasteiger partial charge in [-0.05, 0) is 79.6 Å². The maximum absolute atomic E-state index is 13.2. The SMILES string of the molecule is CC/C=C\C/C=C\C/C=C\C/C=C\C/C=C\C/C=C\CCC(=O)O[C@@H](C)C(=O)O[C@@H](C)C(=O)O[C@H](COc1nsnc1N1CCOCC1)CN(C(C)=O)C(C)(C)C. The highest BCUT2D eigenvalue weighted by Gasteiger charge is 2.32. The molecule has 1 aromatic rings. The summed E-state index contributed by atoms with van der Waals surface area (Å²) >= 11 is 0.997. The Morgan fingerprint density at radius 3 is 1.81 bits per heavy atom. The Morgan fingerprint density at radius 2 is 1.28 bits per heavy atom. The van der Waals surface area contributed by atoms with E-state index in [-0.39, 0.29) is 31.4 Å². The summed E-state index contributed by atoms with van der Waals surface area (Å²) in [5, 5.41) is 0. The third-order valence-electron chi connectivity index (χ3n) is 8.39. The van der Waals surface area contributed by atoms with Crippen LogP contribution in [0.1, 0.15) is 99.8 Å². The van der Waals surface area contributed by atoms with E-state index in [9.17, 15) is 19.2 Å². The van der Waals surface area contributed by atoms with Crippen molar-refractivity contribution < 1.29 is 42.9 Å². The first-order chi connectivity index (χ1) is 27.3. The second-order valence-electron chi connectivity index (χ2n) is 14.3. The number of anilines is 1. The minimum atomic E-state index is -1.33. The molecule has 0 unspecified atom stereocenters. The predicted molar refractivity (Wildman–Crippen MR) is 224 cm³/mol. The zero-order valence-corrected chi connectivity index (χ0v) is 35.7. The topological polar surface area (TPSA) is 147 Å². The summed E-state index contributed by atoms with van der Waals surface area (Å²) in [6, 6.07) is 0. The van der Waals surface area contributed by atoms with E-state index in [1.54, 1.807) is 4.90 Å². The van der Waals surface area contributed by atoms with Crippen LogP contribution in [0.15, 0.2) is 72.9 Å². The molecule has 1 aliphatic rings. The Hall–Kier alpha value is -4.56. The fourth-order valence-electron chi connectivity index (χ4n) is 5.33. The van der Waals surface area contributed by atoms with Crippen LogP contribution >= 0.6 is 11.7 Å². The lowest BCUT2D eigenvalue weighted by atomic mass is 10.1. The first-order valence-electron chi connectivity index (χ1n) is 19.9. The normalized spacial score (nSPS) is 15.6. The van der Waals surface area contributed by atoms with Crippen molar-refractivity contribution in [3.8, 4) is 5.88 Å². The van der Waals surface area contributed by atoms with Crippen molar-refractivity contribution >= 4 is 41.4 Å². The molecule has 2 rings (SSSR count). The number of amides is 1. The summed E-state index contributed by atoms with van der Waals surface area (Å²) in [4.78, 5) is 54.4. The molecule has 316 valence electrons. The molecule has 1 aromatic heterocycles. The third kappa shape index (κ3) is 21.0. The van der Waals surface area contributed by atoms with E-state index in [0.717, 1.165) is 50.3 Å². The van der Waals surface area contributed by atoms with E-state index in [1.165, 1.54) is 20.8 Å². The van der Waals surface area contributed by atoms with Crippen LogP contribution in [-0.4, -0.2) is 101 Å². The molecule has 0 aliphatic carbocycles. The van der Waals surface area contributed by atoms with E-state index in [2.05, 4.69) is 76.4 Å². The zero-order chi connectivity index (χ0) is 41.9. The highest BCUT2D eigenvalue weighted by Crippen LogP contribution is 2.27. The molecule has 13 nitrogen and oxygen atoms in total. The van der Waals surface area contributed by atoms with Crippen LogP contribution in [0.25, 0.3) is 0 Å². The minimum absolute atomic E-state index is 0.0144. The van der Waals surface area contributed by atoms with Crippen molar-refractivity contribution in [1.29, 1.82) is 0 Å². The van der Waals surface area contributed by atoms with E-state index in [0.29, 0.717) is 38.5 Å². The van der Waals surface area contributed by atoms with Crippen molar-refractivity contribution in [3.63, 3.8) is 0 Å². The molecular weight excluding hydrogens is 749 g/mol. The Bertz CT molecular complexity index is 1540. The molecule has 0 aromatic carbocycles. The number of aromatic nitrogens is 2. The molecule has 2 heterocycles. The standard InChI is InChI=1S/C43H64N4O9S/c1-8-9-10-11-12-13-14-15-16-17-18-19-20-21-22-23-24-25-26-27-38(49)54-34(2)41(50)55-35(3)42(51)56-37(32-47(36(4)48)43(5,6)7)33-53-40-39(44-57-45-40)46-28-30-52-31-29-46/h9-10,12-13,15-16,18-19,21-22,24-25,34-35,37H,8,11,14,17,20,23,26-33H2,1-7H3/b10-9-,13-12-,16-15-,19-18-,22-21-,25-24-/t34-,35-,37-/m0/s1. The van der Waals surface area contributed by atoms with Crippen molar-refractivity contribution in [3.05, 3.63) is 72.9 Å². The van der Waals surface area contributed by atoms with Gasteiger partial charge in [0.05, 0.1) is 31.5 Å². The number of carbonyl (C=O) groups excluding carboxylic acids is 4. The smallest absolute Gasteiger partial charge is 0.347 e. The summed E-state index contributed by atoms with van der Waals surface area (Å²) < 4.78 is 36.3. The van der Waals surface area contributed by atoms with Gasteiger partial charge in [-0.1, -0.05) is 79.8 Å². The van der Waals surface area contributed by atoms with E-state index in [1.807, 2.05) is 37.8 Å². The van der Waals surface area contributed by atoms with Crippen LogP contribution in [0.3, 0.4) is 0 Å². The summed E-state index contributed by atoms with van der Waals surface area (Å²) in [5.41, 5.74) is -0.582. The van der Waals surface area contributed by atoms with Crippen LogP contribution in [0.2, 0.25) is 0 Å². The quantitative estimate of drug-likeness (QED) is 0.0543. The van der Waals surface area contributed by atoms with Gasteiger partial charge in [-0.25, -0.2) is 9.59 Å². The number of hydrogen-bond donors (Lipinski definition) is 0. The largest absolute Gasteiger partial charge is 0.470 e. The highest BCUT2D eigenvalue weighted by atomic mass is 32.1. The Morgan fingerprint density at radius 1 is 0.772 bits per heavy atom. The number of allylic oxidation sites excluding steroid dienone is 12. The number of esters is 3. The van der Waals surface area contributed by atoms with Gasteiger partial charge in [-0.3, -0.25) is 9.59 Å². The number of ether oxygens (including phenoxy) is 5.